The topological polar surface area (TPSA) is 46.0 Å². The van der Waals surface area contributed by atoms with Crippen LogP contribution in [-0.4, -0.2) is 15.1 Å². The quantitative estimate of drug-likeness (QED) is 0.673. The minimum absolute atomic E-state index is 0.361. The first-order chi connectivity index (χ1) is 5.89. The molecule has 0 saturated heterocycles. The summed E-state index contributed by atoms with van der Waals surface area (Å²) in [5.74, 6) is 0.361. The van der Waals surface area contributed by atoms with Crippen molar-refractivity contribution in [1.82, 2.24) is 9.97 Å². The predicted octanol–water partition coefficient (Wildman–Crippen LogP) is 1.93. The molecular weight excluding hydrogens is 172 g/mol. The van der Waals surface area contributed by atoms with Crippen molar-refractivity contribution in [2.45, 2.75) is 0 Å². The lowest BCUT2D eigenvalue weighted by Gasteiger charge is -1.70. The number of hydrogen-bond acceptors (Lipinski definition) is 4. The van der Waals surface area contributed by atoms with Gasteiger partial charge in [-0.2, -0.15) is 0 Å². The van der Waals surface area contributed by atoms with Gasteiger partial charge in [-0.1, -0.05) is 0 Å². The van der Waals surface area contributed by atoms with Crippen LogP contribution in [0.5, 0.6) is 5.75 Å². The highest BCUT2D eigenvalue weighted by Crippen LogP contribution is 2.10. The molecule has 0 aromatic carbocycles. The van der Waals surface area contributed by atoms with Crippen LogP contribution in [0.4, 0.5) is 0 Å². The summed E-state index contributed by atoms with van der Waals surface area (Å²) in [6.07, 6.45) is 4.88. The highest BCUT2D eigenvalue weighted by atomic mass is 32.1. The Bertz CT molecular complexity index is 256. The molecule has 0 saturated carbocycles. The lowest BCUT2D eigenvalue weighted by molar-refractivity contribution is 0.478. The molecule has 0 amide bonds. The van der Waals surface area contributed by atoms with E-state index in [-0.39, 0.29) is 0 Å². The molecule has 0 aliphatic heterocycles. The van der Waals surface area contributed by atoms with Crippen LogP contribution < -0.4 is 0 Å². The van der Waals surface area contributed by atoms with Gasteiger partial charge in [-0.15, -0.1) is 11.3 Å². The lowest BCUT2D eigenvalue weighted by Crippen LogP contribution is -1.66. The Kier molecular flexibility index (Phi) is 3.80. The summed E-state index contributed by atoms with van der Waals surface area (Å²) in [7, 11) is 0. The summed E-state index contributed by atoms with van der Waals surface area (Å²) < 4.78 is 0. The molecule has 0 radical (unpaired) electrons. The molecule has 2 rings (SSSR count). The maximum Gasteiger partial charge on any atom is 0.126 e. The first kappa shape index (κ1) is 8.67. The van der Waals surface area contributed by atoms with Crippen molar-refractivity contribution < 1.29 is 5.11 Å². The van der Waals surface area contributed by atoms with Crippen LogP contribution >= 0.6 is 11.3 Å². The van der Waals surface area contributed by atoms with E-state index in [1.807, 2.05) is 5.38 Å². The smallest absolute Gasteiger partial charge is 0.126 e. The average molecular weight is 180 g/mol. The van der Waals surface area contributed by atoms with Crippen LogP contribution in [0.1, 0.15) is 0 Å². The van der Waals surface area contributed by atoms with Crippen LogP contribution in [-0.2, 0) is 0 Å². The fraction of sp³-hybridized carbons (Fsp3) is 0. The molecule has 2 heterocycles. The van der Waals surface area contributed by atoms with Gasteiger partial charge in [0, 0.05) is 17.8 Å². The van der Waals surface area contributed by atoms with E-state index in [0.29, 0.717) is 5.75 Å². The molecule has 2 aromatic rings. The normalized spacial score (nSPS) is 8.33. The first-order valence-corrected chi connectivity index (χ1v) is 4.25. The van der Waals surface area contributed by atoms with E-state index in [0.717, 1.165) is 0 Å². The zero-order valence-corrected chi connectivity index (χ0v) is 7.11. The fourth-order valence-electron chi connectivity index (χ4n) is 0.511. The van der Waals surface area contributed by atoms with Gasteiger partial charge in [0.1, 0.15) is 12.1 Å². The van der Waals surface area contributed by atoms with Gasteiger partial charge in [-0.25, -0.2) is 9.97 Å². The summed E-state index contributed by atoms with van der Waals surface area (Å²) >= 11 is 1.49. The van der Waals surface area contributed by atoms with Crippen LogP contribution in [0.3, 0.4) is 0 Å². The van der Waals surface area contributed by atoms with Gasteiger partial charge in [0.05, 0.1) is 0 Å². The van der Waals surface area contributed by atoms with Crippen molar-refractivity contribution in [2.24, 2.45) is 0 Å². The molecule has 0 aliphatic carbocycles. The van der Waals surface area contributed by atoms with Crippen LogP contribution in [0, 0.1) is 0 Å². The highest BCUT2D eigenvalue weighted by molar-refractivity contribution is 7.08. The van der Waals surface area contributed by atoms with E-state index in [2.05, 4.69) is 9.97 Å². The van der Waals surface area contributed by atoms with E-state index >= 15 is 0 Å². The highest BCUT2D eigenvalue weighted by Gasteiger charge is 1.77. The number of hydrogen-bond donors (Lipinski definition) is 1. The monoisotopic (exact) mass is 180 g/mol. The SMILES string of the molecule is Oc1ccsc1.c1cncnc1. The molecule has 4 heteroatoms. The van der Waals surface area contributed by atoms with Gasteiger partial charge in [-0.05, 0) is 17.5 Å². The Balaban J connectivity index is 0.000000120. The standard InChI is InChI=1S/C4H4N2.C4H4OS/c1-2-5-4-6-3-1;5-4-1-2-6-3-4/h1-4H;1-3,5H. The van der Waals surface area contributed by atoms with E-state index in [1.54, 1.807) is 29.9 Å². The number of aromatic hydroxyl groups is 1. The second-order valence-electron chi connectivity index (χ2n) is 1.89. The Morgan fingerprint density at radius 1 is 1.25 bits per heavy atom. The van der Waals surface area contributed by atoms with Crippen molar-refractivity contribution in [2.75, 3.05) is 0 Å². The van der Waals surface area contributed by atoms with Crippen molar-refractivity contribution in [3.05, 3.63) is 41.6 Å². The molecule has 0 atom stereocenters. The Morgan fingerprint density at radius 2 is 2.00 bits per heavy atom. The van der Waals surface area contributed by atoms with Gasteiger partial charge in [0.25, 0.3) is 0 Å². The van der Waals surface area contributed by atoms with E-state index in [1.165, 1.54) is 17.7 Å². The summed E-state index contributed by atoms with van der Waals surface area (Å²) in [5, 5.41) is 12.0. The summed E-state index contributed by atoms with van der Waals surface area (Å²) in [6, 6.07) is 3.44. The molecule has 12 heavy (non-hydrogen) atoms. The number of aromatic nitrogens is 2. The zero-order chi connectivity index (χ0) is 8.65. The Hall–Kier alpha value is -1.42. The number of rotatable bonds is 0. The number of thiophene rings is 1. The minimum atomic E-state index is 0.361. The molecule has 0 spiro atoms. The molecular formula is C8H8N2OS. The second-order valence-corrected chi connectivity index (χ2v) is 2.67. The maximum absolute atomic E-state index is 8.48. The predicted molar refractivity (Wildman–Crippen MR) is 48.0 cm³/mol. The van der Waals surface area contributed by atoms with Gasteiger partial charge in [0.15, 0.2) is 0 Å². The third kappa shape index (κ3) is 3.68. The van der Waals surface area contributed by atoms with E-state index < -0.39 is 0 Å². The molecule has 0 unspecified atom stereocenters. The van der Waals surface area contributed by atoms with E-state index in [4.69, 9.17) is 5.11 Å². The summed E-state index contributed by atoms with van der Waals surface area (Å²) in [4.78, 5) is 7.35. The summed E-state index contributed by atoms with van der Waals surface area (Å²) in [5.41, 5.74) is 0. The van der Waals surface area contributed by atoms with E-state index in [9.17, 15) is 0 Å². The third-order valence-corrected chi connectivity index (χ3v) is 1.65. The molecule has 62 valence electrons. The van der Waals surface area contributed by atoms with Crippen LogP contribution in [0.15, 0.2) is 41.6 Å². The summed E-state index contributed by atoms with van der Waals surface area (Å²) in [6.45, 7) is 0. The third-order valence-electron chi connectivity index (χ3n) is 0.984. The van der Waals surface area contributed by atoms with Gasteiger partial charge < -0.3 is 5.11 Å². The molecule has 3 nitrogen and oxygen atoms in total. The zero-order valence-electron chi connectivity index (χ0n) is 6.29. The van der Waals surface area contributed by atoms with Gasteiger partial charge in [0.2, 0.25) is 0 Å². The molecule has 2 aromatic heterocycles. The van der Waals surface area contributed by atoms with Crippen molar-refractivity contribution >= 4 is 11.3 Å². The van der Waals surface area contributed by atoms with Gasteiger partial charge >= 0.3 is 0 Å². The van der Waals surface area contributed by atoms with Crippen molar-refractivity contribution in [3.8, 4) is 5.75 Å². The van der Waals surface area contributed by atoms with Crippen LogP contribution in [0.2, 0.25) is 0 Å². The Labute approximate surface area is 74.4 Å². The lowest BCUT2D eigenvalue weighted by atomic mass is 10.6. The average Bonchev–Trinajstić information content (AvgIpc) is 2.60. The number of nitrogens with zero attached hydrogens (tertiary/aromatic N) is 2. The second kappa shape index (κ2) is 5.26. The molecule has 1 N–H and O–H groups in total. The van der Waals surface area contributed by atoms with Crippen molar-refractivity contribution in [3.63, 3.8) is 0 Å². The fourth-order valence-corrected chi connectivity index (χ4v) is 1.03. The first-order valence-electron chi connectivity index (χ1n) is 3.31. The molecule has 0 fully saturated rings. The molecule has 0 aliphatic rings. The van der Waals surface area contributed by atoms with Crippen molar-refractivity contribution in [1.29, 1.82) is 0 Å². The molecule has 0 bridgehead atoms. The Morgan fingerprint density at radius 3 is 2.17 bits per heavy atom. The van der Waals surface area contributed by atoms with Crippen LogP contribution in [0.25, 0.3) is 0 Å². The largest absolute Gasteiger partial charge is 0.507 e. The maximum atomic E-state index is 8.48. The van der Waals surface area contributed by atoms with Gasteiger partial charge in [-0.3, -0.25) is 0 Å². The minimum Gasteiger partial charge on any atom is -0.507 e.